The second-order valence-corrected chi connectivity index (χ2v) is 6.87. The van der Waals surface area contributed by atoms with Crippen molar-refractivity contribution in [1.82, 2.24) is 15.3 Å². The largest absolute Gasteiger partial charge is 0.505 e. The molecule has 0 aliphatic carbocycles. The molecule has 1 amide bonds. The highest BCUT2D eigenvalue weighted by Crippen LogP contribution is 2.38. The summed E-state index contributed by atoms with van der Waals surface area (Å²) in [6.45, 7) is 3.01. The molecule has 8 heteroatoms. The van der Waals surface area contributed by atoms with Crippen LogP contribution in [0.25, 0.3) is 21.0 Å². The lowest BCUT2D eigenvalue weighted by Gasteiger charge is -2.10. The molecule has 0 radical (unpaired) electrons. The van der Waals surface area contributed by atoms with E-state index in [-0.39, 0.29) is 11.4 Å². The van der Waals surface area contributed by atoms with Gasteiger partial charge in [-0.15, -0.1) is 11.3 Å². The number of carboxylic acids is 1. The molecule has 7 nitrogen and oxygen atoms in total. The summed E-state index contributed by atoms with van der Waals surface area (Å²) in [5.41, 5.74) is 2.75. The molecule has 0 unspecified atom stereocenters. The van der Waals surface area contributed by atoms with E-state index in [2.05, 4.69) is 15.3 Å². The molecule has 0 aliphatic heterocycles. The number of hydrogen-bond donors (Lipinski definition) is 3. The fraction of sp³-hybridized carbons (Fsp3) is 0.158. The maximum atomic E-state index is 12.0. The molecule has 3 rings (SSSR count). The van der Waals surface area contributed by atoms with Gasteiger partial charge in [-0.05, 0) is 13.8 Å². The molecular formula is C19H17N3O4S. The summed E-state index contributed by atoms with van der Waals surface area (Å²) in [5, 5.41) is 22.1. The number of carbonyl (C=O) groups is 2. The Hall–Kier alpha value is -3.26. The maximum Gasteiger partial charge on any atom is 0.322 e. The van der Waals surface area contributed by atoms with Gasteiger partial charge in [0.2, 0.25) is 0 Å². The van der Waals surface area contributed by atoms with Crippen molar-refractivity contribution in [2.45, 2.75) is 13.8 Å². The number of nitrogens with one attached hydrogen (secondary N) is 1. The Kier molecular flexibility index (Phi) is 5.18. The summed E-state index contributed by atoms with van der Waals surface area (Å²) in [6.07, 6.45) is 1.50. The molecule has 3 aromatic rings. The number of hydrogen-bond acceptors (Lipinski definition) is 6. The number of rotatable bonds is 5. The van der Waals surface area contributed by atoms with E-state index in [0.717, 1.165) is 21.1 Å². The van der Waals surface area contributed by atoms with E-state index in [1.807, 2.05) is 37.3 Å². The van der Waals surface area contributed by atoms with Gasteiger partial charge in [0, 0.05) is 22.9 Å². The van der Waals surface area contributed by atoms with Gasteiger partial charge in [-0.1, -0.05) is 30.3 Å². The van der Waals surface area contributed by atoms with Crippen LogP contribution in [0.5, 0.6) is 5.75 Å². The summed E-state index contributed by atoms with van der Waals surface area (Å²) >= 11 is 1.48. The number of aromatic nitrogens is 2. The van der Waals surface area contributed by atoms with E-state index in [0.29, 0.717) is 11.1 Å². The first-order chi connectivity index (χ1) is 12.9. The van der Waals surface area contributed by atoms with E-state index >= 15 is 0 Å². The van der Waals surface area contributed by atoms with Gasteiger partial charge in [0.1, 0.15) is 17.3 Å². The third-order valence-electron chi connectivity index (χ3n) is 3.98. The minimum Gasteiger partial charge on any atom is -0.505 e. The molecule has 0 atom stereocenters. The second kappa shape index (κ2) is 7.55. The normalized spacial score (nSPS) is 10.6. The number of aryl methyl sites for hydroxylation is 1. The predicted molar refractivity (Wildman–Crippen MR) is 102 cm³/mol. The molecule has 3 N–H and O–H groups in total. The van der Waals surface area contributed by atoms with Gasteiger partial charge in [-0.3, -0.25) is 9.59 Å². The molecule has 0 spiro atoms. The molecule has 1 aromatic carbocycles. The van der Waals surface area contributed by atoms with Crippen molar-refractivity contribution in [3.05, 3.63) is 53.5 Å². The average molecular weight is 383 g/mol. The molecule has 27 heavy (non-hydrogen) atoms. The lowest BCUT2D eigenvalue weighted by atomic mass is 10.1. The topological polar surface area (TPSA) is 112 Å². The number of amides is 1. The van der Waals surface area contributed by atoms with Crippen LogP contribution >= 0.6 is 11.3 Å². The number of carboxylic acid groups (broad SMARTS) is 1. The van der Waals surface area contributed by atoms with Crippen molar-refractivity contribution in [2.75, 3.05) is 6.54 Å². The number of thiazole rings is 1. The fourth-order valence-electron chi connectivity index (χ4n) is 2.58. The Morgan fingerprint density at radius 2 is 1.89 bits per heavy atom. The first-order valence-corrected chi connectivity index (χ1v) is 8.92. The minimum atomic E-state index is -1.18. The van der Waals surface area contributed by atoms with Crippen LogP contribution in [0.4, 0.5) is 0 Å². The lowest BCUT2D eigenvalue weighted by molar-refractivity contribution is -0.135. The Bertz CT molecular complexity index is 1020. The number of aliphatic carboxylic acids is 1. The molecule has 2 heterocycles. The summed E-state index contributed by atoms with van der Waals surface area (Å²) in [7, 11) is 0. The van der Waals surface area contributed by atoms with E-state index in [4.69, 9.17) is 5.11 Å². The van der Waals surface area contributed by atoms with E-state index in [9.17, 15) is 14.7 Å². The first kappa shape index (κ1) is 18.5. The molecule has 138 valence electrons. The van der Waals surface area contributed by atoms with E-state index < -0.39 is 18.4 Å². The van der Waals surface area contributed by atoms with Crippen molar-refractivity contribution in [3.63, 3.8) is 0 Å². The lowest BCUT2D eigenvalue weighted by Crippen LogP contribution is -2.30. The molecule has 0 saturated heterocycles. The third kappa shape index (κ3) is 3.80. The first-order valence-electron chi connectivity index (χ1n) is 8.10. The second-order valence-electron chi connectivity index (χ2n) is 5.87. The zero-order valence-corrected chi connectivity index (χ0v) is 15.5. The number of pyridine rings is 1. The molecule has 0 fully saturated rings. The monoisotopic (exact) mass is 383 g/mol. The number of nitrogens with zero attached hydrogens (tertiary/aromatic N) is 2. The van der Waals surface area contributed by atoms with Crippen LogP contribution in [0.1, 0.15) is 21.7 Å². The van der Waals surface area contributed by atoms with Gasteiger partial charge in [0.15, 0.2) is 5.69 Å². The molecule has 2 aromatic heterocycles. The van der Waals surface area contributed by atoms with Gasteiger partial charge in [0.25, 0.3) is 5.91 Å². The number of carbonyl (C=O) groups excluding carboxylic acids is 1. The van der Waals surface area contributed by atoms with Crippen LogP contribution in [0.15, 0.2) is 36.5 Å². The summed E-state index contributed by atoms with van der Waals surface area (Å²) in [6, 6.07) is 9.76. The van der Waals surface area contributed by atoms with E-state index in [1.165, 1.54) is 17.5 Å². The van der Waals surface area contributed by atoms with Crippen LogP contribution in [-0.4, -0.2) is 38.6 Å². The maximum absolute atomic E-state index is 12.0. The zero-order chi connectivity index (χ0) is 19.6. The van der Waals surface area contributed by atoms with Crippen LogP contribution < -0.4 is 5.32 Å². The average Bonchev–Trinajstić information content (AvgIpc) is 3.04. The summed E-state index contributed by atoms with van der Waals surface area (Å²) in [5.74, 6) is -2.19. The Morgan fingerprint density at radius 1 is 1.19 bits per heavy atom. The molecule has 0 saturated carbocycles. The minimum absolute atomic E-state index is 0.206. The fourth-order valence-corrected chi connectivity index (χ4v) is 3.72. The SMILES string of the molecule is Cc1nc(-c2ccccc2)sc1-c1cnc(C(=O)NCC(=O)O)c(O)c1C. The van der Waals surface area contributed by atoms with Crippen molar-refractivity contribution in [2.24, 2.45) is 0 Å². The Balaban J connectivity index is 1.97. The zero-order valence-electron chi connectivity index (χ0n) is 14.7. The quantitative estimate of drug-likeness (QED) is 0.624. The van der Waals surface area contributed by atoms with Gasteiger partial charge < -0.3 is 15.5 Å². The Labute approximate surface area is 159 Å². The predicted octanol–water partition coefficient (Wildman–Crippen LogP) is 3.01. The highest BCUT2D eigenvalue weighted by Gasteiger charge is 2.21. The van der Waals surface area contributed by atoms with Crippen molar-refractivity contribution in [1.29, 1.82) is 0 Å². The standard InChI is InChI=1S/C19H17N3O4S/c1-10-13(8-20-15(16(10)25)18(26)21-9-14(23)24)17-11(2)22-19(27-17)12-6-4-3-5-7-12/h3-8,25H,9H2,1-2H3,(H,21,26)(H,23,24). The summed E-state index contributed by atoms with van der Waals surface area (Å²) < 4.78 is 0. The highest BCUT2D eigenvalue weighted by molar-refractivity contribution is 7.18. The van der Waals surface area contributed by atoms with Gasteiger partial charge in [-0.2, -0.15) is 0 Å². The van der Waals surface area contributed by atoms with Crippen LogP contribution in [0, 0.1) is 13.8 Å². The number of aromatic hydroxyl groups is 1. The van der Waals surface area contributed by atoms with Gasteiger partial charge in [0.05, 0.1) is 10.6 Å². The van der Waals surface area contributed by atoms with Gasteiger partial charge >= 0.3 is 5.97 Å². The van der Waals surface area contributed by atoms with E-state index in [1.54, 1.807) is 6.92 Å². The third-order valence-corrected chi connectivity index (χ3v) is 5.22. The summed E-state index contributed by atoms with van der Waals surface area (Å²) in [4.78, 5) is 32.1. The smallest absolute Gasteiger partial charge is 0.322 e. The van der Waals surface area contributed by atoms with Crippen molar-refractivity contribution >= 4 is 23.2 Å². The van der Waals surface area contributed by atoms with Crippen LogP contribution in [-0.2, 0) is 4.79 Å². The molecule has 0 aliphatic rings. The van der Waals surface area contributed by atoms with Crippen molar-refractivity contribution < 1.29 is 19.8 Å². The van der Waals surface area contributed by atoms with Gasteiger partial charge in [-0.25, -0.2) is 9.97 Å². The molecular weight excluding hydrogens is 366 g/mol. The number of benzene rings is 1. The molecule has 0 bridgehead atoms. The van der Waals surface area contributed by atoms with Crippen LogP contribution in [0.2, 0.25) is 0 Å². The van der Waals surface area contributed by atoms with Crippen LogP contribution in [0.3, 0.4) is 0 Å². The van der Waals surface area contributed by atoms with Crippen molar-refractivity contribution in [3.8, 4) is 26.8 Å². The Morgan fingerprint density at radius 3 is 2.56 bits per heavy atom. The highest BCUT2D eigenvalue weighted by atomic mass is 32.1.